The molecule has 13 heavy (non-hydrogen) atoms. The van der Waals surface area contributed by atoms with Crippen LogP contribution in [0.4, 0.5) is 0 Å². The molecule has 0 heterocycles. The van der Waals surface area contributed by atoms with E-state index in [-0.39, 0.29) is 5.84 Å². The van der Waals surface area contributed by atoms with Gasteiger partial charge < -0.3 is 5.73 Å². The molecule has 0 amide bonds. The first-order valence-electron chi connectivity index (χ1n) is 3.90. The summed E-state index contributed by atoms with van der Waals surface area (Å²) >= 11 is 0. The molecule has 0 aliphatic heterocycles. The SMILES string of the molecule is C=C/N=C(N)/C(N=C)=N/C=C\CC. The van der Waals surface area contributed by atoms with Crippen molar-refractivity contribution in [1.82, 2.24) is 0 Å². The van der Waals surface area contributed by atoms with Crippen LogP contribution < -0.4 is 5.73 Å². The Bertz CT molecular complexity index is 261. The molecular formula is C9H14N4. The monoisotopic (exact) mass is 178 g/mol. The fraction of sp³-hybridized carbons (Fsp3) is 0.222. The van der Waals surface area contributed by atoms with Crippen LogP contribution in [0.5, 0.6) is 0 Å². The van der Waals surface area contributed by atoms with E-state index in [4.69, 9.17) is 5.73 Å². The molecular weight excluding hydrogens is 164 g/mol. The molecule has 70 valence electrons. The predicted octanol–water partition coefficient (Wildman–Crippen LogP) is 1.51. The number of nitrogens with zero attached hydrogens (tertiary/aromatic N) is 3. The third-order valence-electron chi connectivity index (χ3n) is 1.15. The van der Waals surface area contributed by atoms with Gasteiger partial charge in [-0.2, -0.15) is 0 Å². The zero-order valence-electron chi connectivity index (χ0n) is 7.77. The quantitative estimate of drug-likeness (QED) is 0.516. The van der Waals surface area contributed by atoms with Crippen molar-refractivity contribution in [3.8, 4) is 0 Å². The standard InChI is InChI=1S/C9H14N4/c1-4-6-7-13-9(11-3)8(10)12-5-2/h5-7H,2-4H2,1H3,(H2,10,12)/b7-6-,13-9-. The maximum Gasteiger partial charge on any atom is 0.194 e. The van der Waals surface area contributed by atoms with Crippen molar-refractivity contribution in [2.75, 3.05) is 0 Å². The predicted molar refractivity (Wildman–Crippen MR) is 58.2 cm³/mol. The number of amidine groups is 2. The van der Waals surface area contributed by atoms with Gasteiger partial charge in [0.15, 0.2) is 11.7 Å². The Morgan fingerprint density at radius 1 is 1.46 bits per heavy atom. The van der Waals surface area contributed by atoms with E-state index in [1.54, 1.807) is 6.20 Å². The molecule has 0 radical (unpaired) electrons. The third kappa shape index (κ3) is 4.68. The van der Waals surface area contributed by atoms with Crippen LogP contribution in [0.3, 0.4) is 0 Å². The van der Waals surface area contributed by atoms with E-state index in [9.17, 15) is 0 Å². The second-order valence-electron chi connectivity index (χ2n) is 2.10. The molecule has 0 saturated heterocycles. The maximum absolute atomic E-state index is 5.50. The largest absolute Gasteiger partial charge is 0.381 e. The summed E-state index contributed by atoms with van der Waals surface area (Å²) in [7, 11) is 0. The first kappa shape index (κ1) is 11.3. The highest BCUT2D eigenvalue weighted by atomic mass is 15.0. The van der Waals surface area contributed by atoms with Crippen molar-refractivity contribution in [1.29, 1.82) is 0 Å². The van der Waals surface area contributed by atoms with Gasteiger partial charge in [0.05, 0.1) is 0 Å². The highest BCUT2D eigenvalue weighted by Crippen LogP contribution is 1.87. The van der Waals surface area contributed by atoms with Gasteiger partial charge in [-0.1, -0.05) is 19.6 Å². The topological polar surface area (TPSA) is 63.1 Å². The molecule has 0 spiro atoms. The lowest BCUT2D eigenvalue weighted by molar-refractivity contribution is 1.21. The fourth-order valence-corrected chi connectivity index (χ4v) is 0.573. The molecule has 0 aliphatic rings. The van der Waals surface area contributed by atoms with Gasteiger partial charge >= 0.3 is 0 Å². The summed E-state index contributed by atoms with van der Waals surface area (Å²) in [5.41, 5.74) is 5.50. The van der Waals surface area contributed by atoms with Gasteiger partial charge in [-0.25, -0.2) is 15.0 Å². The minimum atomic E-state index is 0.214. The third-order valence-corrected chi connectivity index (χ3v) is 1.15. The number of hydrogen-bond donors (Lipinski definition) is 1. The fourth-order valence-electron chi connectivity index (χ4n) is 0.573. The summed E-state index contributed by atoms with van der Waals surface area (Å²) in [5, 5.41) is 0. The molecule has 0 aromatic rings. The van der Waals surface area contributed by atoms with Gasteiger partial charge in [-0.15, -0.1) is 0 Å². The van der Waals surface area contributed by atoms with E-state index in [0.717, 1.165) is 6.42 Å². The average Bonchev–Trinajstić information content (AvgIpc) is 2.13. The zero-order valence-corrected chi connectivity index (χ0v) is 7.77. The number of nitrogens with two attached hydrogens (primary N) is 1. The molecule has 0 aliphatic carbocycles. The number of rotatable bonds is 3. The van der Waals surface area contributed by atoms with Crippen molar-refractivity contribution in [2.45, 2.75) is 13.3 Å². The van der Waals surface area contributed by atoms with Crippen LogP contribution in [-0.4, -0.2) is 18.4 Å². The first-order valence-corrected chi connectivity index (χ1v) is 3.90. The van der Waals surface area contributed by atoms with Crippen molar-refractivity contribution in [3.63, 3.8) is 0 Å². The number of aliphatic imine (C=N–C) groups is 3. The molecule has 0 rings (SSSR count). The number of allylic oxidation sites excluding steroid dienone is 1. The molecule has 0 fully saturated rings. The van der Waals surface area contributed by atoms with Crippen LogP contribution >= 0.6 is 0 Å². The molecule has 4 nitrogen and oxygen atoms in total. The molecule has 2 N–H and O–H groups in total. The van der Waals surface area contributed by atoms with E-state index in [2.05, 4.69) is 28.3 Å². The Morgan fingerprint density at radius 2 is 2.15 bits per heavy atom. The number of hydrogen-bond acceptors (Lipinski definition) is 2. The Kier molecular flexibility index (Phi) is 6.05. The van der Waals surface area contributed by atoms with Gasteiger partial charge in [-0.3, -0.25) is 0 Å². The normalized spacial score (nSPS) is 13.3. The Labute approximate surface area is 78.3 Å². The Morgan fingerprint density at radius 3 is 2.62 bits per heavy atom. The summed E-state index contributed by atoms with van der Waals surface area (Å²) in [6.07, 6.45) is 5.74. The Hall–Kier alpha value is -1.71. The van der Waals surface area contributed by atoms with Crippen LogP contribution in [0.15, 0.2) is 40.0 Å². The van der Waals surface area contributed by atoms with Crippen LogP contribution in [0.2, 0.25) is 0 Å². The minimum absolute atomic E-state index is 0.214. The summed E-state index contributed by atoms with van der Waals surface area (Å²) in [4.78, 5) is 11.3. The summed E-state index contributed by atoms with van der Waals surface area (Å²) in [6.45, 7) is 8.75. The van der Waals surface area contributed by atoms with E-state index >= 15 is 0 Å². The van der Waals surface area contributed by atoms with Crippen molar-refractivity contribution < 1.29 is 0 Å². The minimum Gasteiger partial charge on any atom is -0.381 e. The van der Waals surface area contributed by atoms with Gasteiger partial charge in [0, 0.05) is 12.4 Å². The summed E-state index contributed by atoms with van der Waals surface area (Å²) in [5.74, 6) is 0.523. The smallest absolute Gasteiger partial charge is 0.194 e. The highest BCUT2D eigenvalue weighted by Gasteiger charge is 1.97. The van der Waals surface area contributed by atoms with E-state index in [0.29, 0.717) is 5.84 Å². The second kappa shape index (κ2) is 6.97. The lowest BCUT2D eigenvalue weighted by Gasteiger charge is -1.94. The molecule has 4 heteroatoms. The molecule has 0 aromatic carbocycles. The van der Waals surface area contributed by atoms with Crippen LogP contribution in [0, 0.1) is 0 Å². The summed E-state index contributed by atoms with van der Waals surface area (Å²) in [6, 6.07) is 0. The van der Waals surface area contributed by atoms with E-state index in [1.165, 1.54) is 6.20 Å². The molecule has 0 aromatic heterocycles. The first-order chi connectivity index (χ1) is 6.26. The average molecular weight is 178 g/mol. The highest BCUT2D eigenvalue weighted by molar-refractivity contribution is 6.41. The van der Waals surface area contributed by atoms with Gasteiger partial charge in [-0.05, 0) is 13.1 Å². The molecule has 0 bridgehead atoms. The van der Waals surface area contributed by atoms with Crippen molar-refractivity contribution >= 4 is 18.4 Å². The second-order valence-corrected chi connectivity index (χ2v) is 2.10. The maximum atomic E-state index is 5.50. The van der Waals surface area contributed by atoms with Gasteiger partial charge in [0.1, 0.15) is 0 Å². The van der Waals surface area contributed by atoms with E-state index in [1.807, 2.05) is 13.0 Å². The lowest BCUT2D eigenvalue weighted by Crippen LogP contribution is -2.21. The van der Waals surface area contributed by atoms with E-state index < -0.39 is 0 Å². The summed E-state index contributed by atoms with van der Waals surface area (Å²) < 4.78 is 0. The Balaban J connectivity index is 4.58. The molecule has 0 saturated carbocycles. The molecule has 0 atom stereocenters. The molecule has 0 unspecified atom stereocenters. The van der Waals surface area contributed by atoms with Gasteiger partial charge in [0.2, 0.25) is 0 Å². The van der Waals surface area contributed by atoms with Crippen LogP contribution in [0.1, 0.15) is 13.3 Å². The van der Waals surface area contributed by atoms with Gasteiger partial charge in [0.25, 0.3) is 0 Å². The van der Waals surface area contributed by atoms with Crippen molar-refractivity contribution in [3.05, 3.63) is 25.1 Å². The van der Waals surface area contributed by atoms with Crippen molar-refractivity contribution in [2.24, 2.45) is 20.7 Å². The lowest BCUT2D eigenvalue weighted by atomic mass is 10.5. The van der Waals surface area contributed by atoms with Crippen LogP contribution in [-0.2, 0) is 0 Å². The van der Waals surface area contributed by atoms with Crippen LogP contribution in [0.25, 0.3) is 0 Å². The zero-order chi connectivity index (χ0) is 10.1.